The van der Waals surface area contributed by atoms with E-state index in [0.717, 1.165) is 5.56 Å². The van der Waals surface area contributed by atoms with E-state index >= 15 is 0 Å². The summed E-state index contributed by atoms with van der Waals surface area (Å²) in [5, 5.41) is 8.32. The number of amides is 2. The molecule has 0 radical (unpaired) electrons. The lowest BCUT2D eigenvalue weighted by atomic mass is 10.2. The van der Waals surface area contributed by atoms with E-state index in [1.54, 1.807) is 44.6 Å². The number of rotatable bonds is 8. The third kappa shape index (κ3) is 7.36. The minimum absolute atomic E-state index is 0.122. The van der Waals surface area contributed by atoms with Gasteiger partial charge in [-0.05, 0) is 42.6 Å². The molecule has 0 aliphatic rings. The highest BCUT2D eigenvalue weighted by Crippen LogP contribution is 2.18. The van der Waals surface area contributed by atoms with Crippen LogP contribution in [-0.4, -0.2) is 44.3 Å². The number of thiocarbonyl (C=S) groups is 1. The van der Waals surface area contributed by atoms with Gasteiger partial charge in [-0.1, -0.05) is 24.3 Å². The van der Waals surface area contributed by atoms with Crippen molar-refractivity contribution in [2.75, 3.05) is 32.7 Å². The van der Waals surface area contributed by atoms with Crippen LogP contribution >= 0.6 is 12.2 Å². The normalized spacial score (nSPS) is 10.4. The molecule has 0 fully saturated rings. The highest BCUT2D eigenvalue weighted by Gasteiger charge is 2.07. The molecule has 0 aromatic heterocycles. The zero-order valence-corrected chi connectivity index (χ0v) is 17.0. The number of ether oxygens (including phenoxy) is 2. The summed E-state index contributed by atoms with van der Waals surface area (Å²) < 4.78 is 10.1. The topological polar surface area (TPSA) is 88.7 Å². The first-order valence-corrected chi connectivity index (χ1v) is 9.24. The number of carbonyl (C=O) groups excluding carboxylic acids is 2. The number of hydrogen-bond acceptors (Lipinski definition) is 5. The molecule has 0 spiro atoms. The van der Waals surface area contributed by atoms with Crippen molar-refractivity contribution < 1.29 is 19.1 Å². The number of para-hydroxylation sites is 1. The fourth-order valence-corrected chi connectivity index (χ4v) is 2.61. The van der Waals surface area contributed by atoms with Crippen molar-refractivity contribution in [2.24, 2.45) is 0 Å². The number of methoxy groups -OCH3 is 2. The summed E-state index contributed by atoms with van der Waals surface area (Å²) in [6.07, 6.45) is 3.01. The summed E-state index contributed by atoms with van der Waals surface area (Å²) in [6.45, 7) is 0.849. The van der Waals surface area contributed by atoms with Crippen molar-refractivity contribution in [1.29, 1.82) is 0 Å². The van der Waals surface area contributed by atoms with Gasteiger partial charge in [0, 0.05) is 36.5 Å². The maximum absolute atomic E-state index is 12.1. The maximum atomic E-state index is 12.1. The molecule has 2 amide bonds. The second-order valence-corrected chi connectivity index (χ2v) is 6.26. The van der Waals surface area contributed by atoms with Crippen LogP contribution in [0, 0.1) is 0 Å². The first kappa shape index (κ1) is 22.1. The van der Waals surface area contributed by atoms with Crippen molar-refractivity contribution >= 4 is 40.9 Å². The van der Waals surface area contributed by atoms with E-state index in [4.69, 9.17) is 21.7 Å². The van der Waals surface area contributed by atoms with E-state index in [-0.39, 0.29) is 16.9 Å². The van der Waals surface area contributed by atoms with Crippen LogP contribution < -0.4 is 20.7 Å². The van der Waals surface area contributed by atoms with Gasteiger partial charge in [-0.2, -0.15) is 0 Å². The Kier molecular flexibility index (Phi) is 8.81. The standard InChI is InChI=1S/C21H23N3O4S/c1-27-13-12-22-20(26)16-7-5-8-17(14-16)23-21(29)24-19(25)11-10-15-6-3-4-9-18(15)28-2/h3-11,14H,12-13H2,1-2H3,(H,22,26)(H2,23,24,25,29)/b11-10+. The Hall–Kier alpha value is -3.23. The van der Waals surface area contributed by atoms with Crippen LogP contribution in [0.4, 0.5) is 5.69 Å². The zero-order valence-electron chi connectivity index (χ0n) is 16.2. The Bertz CT molecular complexity index is 899. The summed E-state index contributed by atoms with van der Waals surface area (Å²) >= 11 is 5.17. The van der Waals surface area contributed by atoms with Crippen LogP contribution in [0.25, 0.3) is 6.08 Å². The molecule has 0 aliphatic carbocycles. The van der Waals surface area contributed by atoms with Crippen LogP contribution in [0.15, 0.2) is 54.6 Å². The Labute approximate surface area is 175 Å². The predicted octanol–water partition coefficient (Wildman–Crippen LogP) is 2.60. The van der Waals surface area contributed by atoms with E-state index < -0.39 is 0 Å². The zero-order chi connectivity index (χ0) is 21.1. The quantitative estimate of drug-likeness (QED) is 0.350. The van der Waals surface area contributed by atoms with Crippen LogP contribution in [0.3, 0.4) is 0 Å². The third-order valence-electron chi connectivity index (χ3n) is 3.76. The highest BCUT2D eigenvalue weighted by atomic mass is 32.1. The summed E-state index contributed by atoms with van der Waals surface area (Å²) in [4.78, 5) is 24.2. The summed E-state index contributed by atoms with van der Waals surface area (Å²) in [7, 11) is 3.13. The molecule has 152 valence electrons. The Morgan fingerprint density at radius 3 is 2.66 bits per heavy atom. The lowest BCUT2D eigenvalue weighted by molar-refractivity contribution is -0.115. The SMILES string of the molecule is COCCNC(=O)c1cccc(NC(=S)NC(=O)/C=C/c2ccccc2OC)c1. The third-order valence-corrected chi connectivity index (χ3v) is 3.97. The van der Waals surface area contributed by atoms with Crippen LogP contribution in [0.2, 0.25) is 0 Å². The molecule has 2 rings (SSSR count). The molecule has 3 N–H and O–H groups in total. The van der Waals surface area contributed by atoms with Crippen LogP contribution in [-0.2, 0) is 9.53 Å². The van der Waals surface area contributed by atoms with Crippen molar-refractivity contribution in [3.05, 3.63) is 65.7 Å². The number of carbonyl (C=O) groups is 2. The van der Waals surface area contributed by atoms with Crippen molar-refractivity contribution in [2.45, 2.75) is 0 Å². The molecule has 0 saturated carbocycles. The summed E-state index contributed by atoms with van der Waals surface area (Å²) in [5.74, 6) is 0.0557. The van der Waals surface area contributed by atoms with Gasteiger partial charge in [-0.25, -0.2) is 0 Å². The number of benzene rings is 2. The van der Waals surface area contributed by atoms with E-state index in [1.165, 1.54) is 6.08 Å². The molecule has 0 atom stereocenters. The lowest BCUT2D eigenvalue weighted by Crippen LogP contribution is -2.33. The van der Waals surface area contributed by atoms with Gasteiger partial charge in [0.2, 0.25) is 5.91 Å². The van der Waals surface area contributed by atoms with Gasteiger partial charge >= 0.3 is 0 Å². The summed E-state index contributed by atoms with van der Waals surface area (Å²) in [6, 6.07) is 14.1. The second-order valence-electron chi connectivity index (χ2n) is 5.85. The average Bonchev–Trinajstić information content (AvgIpc) is 2.72. The lowest BCUT2D eigenvalue weighted by Gasteiger charge is -2.10. The molecule has 0 unspecified atom stereocenters. The van der Waals surface area contributed by atoms with E-state index in [9.17, 15) is 9.59 Å². The summed E-state index contributed by atoms with van der Waals surface area (Å²) in [5.41, 5.74) is 1.83. The molecule has 0 heterocycles. The first-order valence-electron chi connectivity index (χ1n) is 8.83. The smallest absolute Gasteiger partial charge is 0.251 e. The van der Waals surface area contributed by atoms with E-state index in [2.05, 4.69) is 16.0 Å². The molecule has 2 aromatic rings. The molecular formula is C21H23N3O4S. The van der Waals surface area contributed by atoms with Crippen LogP contribution in [0.1, 0.15) is 15.9 Å². The molecule has 0 bridgehead atoms. The molecule has 2 aromatic carbocycles. The number of anilines is 1. The van der Waals surface area contributed by atoms with Crippen molar-refractivity contribution in [3.63, 3.8) is 0 Å². The minimum atomic E-state index is -0.387. The predicted molar refractivity (Wildman–Crippen MR) is 117 cm³/mol. The van der Waals surface area contributed by atoms with Gasteiger partial charge < -0.3 is 20.1 Å². The van der Waals surface area contributed by atoms with Gasteiger partial charge in [0.05, 0.1) is 13.7 Å². The largest absolute Gasteiger partial charge is 0.496 e. The highest BCUT2D eigenvalue weighted by molar-refractivity contribution is 7.80. The first-order chi connectivity index (χ1) is 14.0. The fraction of sp³-hybridized carbons (Fsp3) is 0.190. The minimum Gasteiger partial charge on any atom is -0.496 e. The van der Waals surface area contributed by atoms with E-state index in [0.29, 0.717) is 30.2 Å². The molecule has 0 saturated heterocycles. The van der Waals surface area contributed by atoms with Gasteiger partial charge in [0.1, 0.15) is 5.75 Å². The van der Waals surface area contributed by atoms with Gasteiger partial charge in [0.15, 0.2) is 5.11 Å². The number of nitrogens with one attached hydrogen (secondary N) is 3. The second kappa shape index (κ2) is 11.6. The molecule has 0 aliphatic heterocycles. The van der Waals surface area contributed by atoms with Gasteiger partial charge in [-0.3, -0.25) is 14.9 Å². The Balaban J connectivity index is 1.91. The van der Waals surface area contributed by atoms with E-state index in [1.807, 2.05) is 24.3 Å². The average molecular weight is 413 g/mol. The van der Waals surface area contributed by atoms with Crippen molar-refractivity contribution in [1.82, 2.24) is 10.6 Å². The maximum Gasteiger partial charge on any atom is 0.251 e. The Morgan fingerprint density at radius 2 is 1.90 bits per heavy atom. The molecule has 8 heteroatoms. The van der Waals surface area contributed by atoms with Crippen LogP contribution in [0.5, 0.6) is 5.75 Å². The molecule has 7 nitrogen and oxygen atoms in total. The Morgan fingerprint density at radius 1 is 1.10 bits per heavy atom. The fourth-order valence-electron chi connectivity index (χ4n) is 2.39. The van der Waals surface area contributed by atoms with Crippen molar-refractivity contribution in [3.8, 4) is 5.75 Å². The van der Waals surface area contributed by atoms with Gasteiger partial charge in [0.25, 0.3) is 5.91 Å². The van der Waals surface area contributed by atoms with Gasteiger partial charge in [-0.15, -0.1) is 0 Å². The number of hydrogen-bond donors (Lipinski definition) is 3. The molecular weight excluding hydrogens is 390 g/mol. The molecule has 29 heavy (non-hydrogen) atoms. The monoisotopic (exact) mass is 413 g/mol.